The molecule has 3 aromatic heterocycles. The highest BCUT2D eigenvalue weighted by Crippen LogP contribution is 2.40. The van der Waals surface area contributed by atoms with Crippen molar-refractivity contribution in [1.82, 2.24) is 14.5 Å². The normalized spacial score (nSPS) is 11.9. The summed E-state index contributed by atoms with van der Waals surface area (Å²) < 4.78 is 8.71. The molecule has 7 aromatic carbocycles. The van der Waals surface area contributed by atoms with Gasteiger partial charge in [-0.05, 0) is 63.0 Å². The molecule has 10 rings (SSSR count). The first kappa shape index (κ1) is 25.1. The predicted molar refractivity (Wildman–Crippen MR) is 190 cm³/mol. The van der Waals surface area contributed by atoms with Gasteiger partial charge in [-0.3, -0.25) is 4.57 Å². The molecular weight excluding hydrogens is 562 g/mol. The fourth-order valence-electron chi connectivity index (χ4n) is 7.01. The molecule has 3 heterocycles. The Labute approximate surface area is 263 Å². The van der Waals surface area contributed by atoms with E-state index in [1.165, 1.54) is 37.9 Å². The smallest absolute Gasteiger partial charge is 0.236 e. The second-order valence-corrected chi connectivity index (χ2v) is 11.8. The number of rotatable bonds is 3. The van der Waals surface area contributed by atoms with E-state index in [1.54, 1.807) is 0 Å². The van der Waals surface area contributed by atoms with Crippen molar-refractivity contribution in [2.24, 2.45) is 0 Å². The van der Waals surface area contributed by atoms with Crippen molar-refractivity contribution in [3.05, 3.63) is 152 Å². The number of hydrogen-bond donors (Lipinski definition) is 0. The summed E-state index contributed by atoms with van der Waals surface area (Å²) in [5.41, 5.74) is 8.51. The first-order valence-corrected chi connectivity index (χ1v) is 15.5. The lowest BCUT2D eigenvalue weighted by molar-refractivity contribution is 0.666. The Hall–Kier alpha value is -6.26. The number of fused-ring (bicyclic) bond motifs is 9. The highest BCUT2D eigenvalue weighted by molar-refractivity contribution is 6.23. The minimum Gasteiger partial charge on any atom is -0.452 e. The first-order valence-electron chi connectivity index (χ1n) is 15.5. The molecule has 4 nitrogen and oxygen atoms in total. The molecule has 0 aliphatic heterocycles. The van der Waals surface area contributed by atoms with E-state index < -0.39 is 0 Å². The van der Waals surface area contributed by atoms with Crippen molar-refractivity contribution in [2.45, 2.75) is 0 Å². The molecule has 46 heavy (non-hydrogen) atoms. The standard InChI is InChI=1S/C42H25N3O/c1-2-10-26(11-3-1)27-18-20-29(21-19-27)39-41-40(33-16-8-9-17-37(33)46-41)44-42(43-39)45-35-23-22-28-12-6-7-15-32(28)38(35)34-24-30-13-4-5-14-31(30)25-36(34)45/h1-25H. The summed E-state index contributed by atoms with van der Waals surface area (Å²) >= 11 is 0. The van der Waals surface area contributed by atoms with Crippen molar-refractivity contribution in [2.75, 3.05) is 0 Å². The SMILES string of the molecule is c1ccc(-c2ccc(-c3nc(-n4c5cc6ccccc6cc5c5c6ccccc6ccc54)nc4c3oc3ccccc34)cc2)cc1. The van der Waals surface area contributed by atoms with Crippen LogP contribution < -0.4 is 0 Å². The van der Waals surface area contributed by atoms with E-state index in [-0.39, 0.29) is 0 Å². The van der Waals surface area contributed by atoms with Gasteiger partial charge in [0.25, 0.3) is 0 Å². The van der Waals surface area contributed by atoms with Gasteiger partial charge in [0.1, 0.15) is 16.8 Å². The van der Waals surface area contributed by atoms with Gasteiger partial charge in [-0.25, -0.2) is 9.97 Å². The largest absolute Gasteiger partial charge is 0.452 e. The maximum atomic E-state index is 6.48. The molecule has 0 N–H and O–H groups in total. The van der Waals surface area contributed by atoms with E-state index in [0.717, 1.165) is 44.3 Å². The van der Waals surface area contributed by atoms with Crippen LogP contribution in [0, 0.1) is 0 Å². The van der Waals surface area contributed by atoms with E-state index in [0.29, 0.717) is 11.5 Å². The third-order valence-electron chi connectivity index (χ3n) is 9.20. The predicted octanol–water partition coefficient (Wildman–Crippen LogP) is 11.1. The third-order valence-corrected chi connectivity index (χ3v) is 9.20. The summed E-state index contributed by atoms with van der Waals surface area (Å²) in [7, 11) is 0. The molecule has 0 saturated carbocycles. The van der Waals surface area contributed by atoms with Crippen LogP contribution in [-0.2, 0) is 0 Å². The van der Waals surface area contributed by atoms with Gasteiger partial charge in [0.15, 0.2) is 5.58 Å². The summed E-state index contributed by atoms with van der Waals surface area (Å²) in [6, 6.07) is 53.2. The monoisotopic (exact) mass is 587 g/mol. The minimum atomic E-state index is 0.617. The highest BCUT2D eigenvalue weighted by atomic mass is 16.3. The summed E-state index contributed by atoms with van der Waals surface area (Å²) in [5, 5.41) is 8.16. The average Bonchev–Trinajstić information content (AvgIpc) is 3.66. The van der Waals surface area contributed by atoms with E-state index >= 15 is 0 Å². The highest BCUT2D eigenvalue weighted by Gasteiger charge is 2.22. The molecule has 0 bridgehead atoms. The number of aromatic nitrogens is 3. The topological polar surface area (TPSA) is 43.9 Å². The van der Waals surface area contributed by atoms with Crippen LogP contribution in [0.2, 0.25) is 0 Å². The van der Waals surface area contributed by atoms with Crippen LogP contribution in [0.25, 0.3) is 93.8 Å². The molecular formula is C42H25N3O. The summed E-state index contributed by atoms with van der Waals surface area (Å²) in [6.45, 7) is 0. The lowest BCUT2D eigenvalue weighted by Crippen LogP contribution is -2.03. The van der Waals surface area contributed by atoms with Crippen LogP contribution >= 0.6 is 0 Å². The Kier molecular flexibility index (Phi) is 5.25. The third kappa shape index (κ3) is 3.67. The van der Waals surface area contributed by atoms with Crippen molar-refractivity contribution < 1.29 is 4.42 Å². The van der Waals surface area contributed by atoms with Gasteiger partial charge in [-0.1, -0.05) is 121 Å². The Morgan fingerprint density at radius 2 is 1.11 bits per heavy atom. The molecule has 0 unspecified atom stereocenters. The van der Waals surface area contributed by atoms with Crippen LogP contribution in [0.5, 0.6) is 0 Å². The molecule has 4 heteroatoms. The number of nitrogens with zero attached hydrogens (tertiary/aromatic N) is 3. The summed E-state index contributed by atoms with van der Waals surface area (Å²) in [5.74, 6) is 0.617. The molecule has 0 saturated heterocycles. The van der Waals surface area contributed by atoms with Gasteiger partial charge >= 0.3 is 0 Å². The Bertz CT molecular complexity index is 2790. The fraction of sp³-hybridized carbons (Fsp3) is 0. The zero-order chi connectivity index (χ0) is 30.2. The first-order chi connectivity index (χ1) is 22.8. The molecule has 10 aromatic rings. The van der Waals surface area contributed by atoms with Crippen molar-refractivity contribution in [1.29, 1.82) is 0 Å². The quantitative estimate of drug-likeness (QED) is 0.207. The summed E-state index contributed by atoms with van der Waals surface area (Å²) in [4.78, 5) is 10.6. The van der Waals surface area contributed by atoms with Crippen LogP contribution in [0.15, 0.2) is 156 Å². The molecule has 0 spiro atoms. The van der Waals surface area contributed by atoms with Gasteiger partial charge in [0.05, 0.1) is 11.0 Å². The Morgan fingerprint density at radius 1 is 0.457 bits per heavy atom. The lowest BCUT2D eigenvalue weighted by atomic mass is 10.0. The van der Waals surface area contributed by atoms with Gasteiger partial charge in [0.2, 0.25) is 5.95 Å². The zero-order valence-corrected chi connectivity index (χ0v) is 24.7. The average molecular weight is 588 g/mol. The number of benzene rings is 7. The van der Waals surface area contributed by atoms with Crippen molar-refractivity contribution >= 4 is 65.4 Å². The fourth-order valence-corrected chi connectivity index (χ4v) is 7.01. The second-order valence-electron chi connectivity index (χ2n) is 11.8. The van der Waals surface area contributed by atoms with Crippen LogP contribution in [0.4, 0.5) is 0 Å². The van der Waals surface area contributed by atoms with Gasteiger partial charge < -0.3 is 4.42 Å². The van der Waals surface area contributed by atoms with E-state index in [9.17, 15) is 0 Å². The maximum absolute atomic E-state index is 6.48. The minimum absolute atomic E-state index is 0.617. The second kappa shape index (κ2) is 9.62. The number of hydrogen-bond acceptors (Lipinski definition) is 3. The molecule has 0 amide bonds. The molecule has 0 aliphatic carbocycles. The molecule has 0 atom stereocenters. The number of furan rings is 1. The van der Waals surface area contributed by atoms with Gasteiger partial charge in [-0.15, -0.1) is 0 Å². The molecule has 0 fully saturated rings. The van der Waals surface area contributed by atoms with Crippen LogP contribution in [0.3, 0.4) is 0 Å². The molecule has 0 radical (unpaired) electrons. The number of para-hydroxylation sites is 1. The Balaban J connectivity index is 1.31. The van der Waals surface area contributed by atoms with E-state index in [4.69, 9.17) is 14.4 Å². The van der Waals surface area contributed by atoms with Gasteiger partial charge in [0, 0.05) is 21.7 Å². The molecule has 0 aliphatic rings. The lowest BCUT2D eigenvalue weighted by Gasteiger charge is -2.10. The van der Waals surface area contributed by atoms with Crippen molar-refractivity contribution in [3.63, 3.8) is 0 Å². The van der Waals surface area contributed by atoms with E-state index in [1.807, 2.05) is 24.3 Å². The molecule has 214 valence electrons. The maximum Gasteiger partial charge on any atom is 0.236 e. The van der Waals surface area contributed by atoms with E-state index in [2.05, 4.69) is 132 Å². The van der Waals surface area contributed by atoms with Crippen LogP contribution in [-0.4, -0.2) is 14.5 Å². The van der Waals surface area contributed by atoms with Crippen molar-refractivity contribution in [3.8, 4) is 28.3 Å². The van der Waals surface area contributed by atoms with Crippen LogP contribution in [0.1, 0.15) is 0 Å². The van der Waals surface area contributed by atoms with Gasteiger partial charge in [-0.2, -0.15) is 0 Å². The summed E-state index contributed by atoms with van der Waals surface area (Å²) in [6.07, 6.45) is 0. The zero-order valence-electron chi connectivity index (χ0n) is 24.7. The Morgan fingerprint density at radius 3 is 1.93 bits per heavy atom.